The normalized spacial score (nSPS) is 57.4. The second-order valence-electron chi connectivity index (χ2n) is 6.80. The molecule has 2 N–H and O–H groups in total. The standard InChI is InChI=1S/C14H23NS2/c15-12-6-16-14(17-7-12)13-10-2-8-1-9(4-10)5-11(13)3-8/h8-14H,1-7,15H2. The fourth-order valence-corrected chi connectivity index (χ4v) is 8.62. The van der Waals surface area contributed by atoms with Crippen molar-refractivity contribution in [2.75, 3.05) is 11.5 Å². The van der Waals surface area contributed by atoms with Gasteiger partial charge in [0.05, 0.1) is 4.58 Å². The van der Waals surface area contributed by atoms with Crippen LogP contribution in [-0.4, -0.2) is 22.1 Å². The highest BCUT2D eigenvalue weighted by molar-refractivity contribution is 8.17. The summed E-state index contributed by atoms with van der Waals surface area (Å²) in [6, 6.07) is 0.457. The zero-order valence-corrected chi connectivity index (χ0v) is 12.0. The molecule has 0 aromatic rings. The molecular formula is C14H23NS2. The Kier molecular flexibility index (Phi) is 2.94. The molecule has 5 fully saturated rings. The molecule has 0 aromatic carbocycles. The highest BCUT2D eigenvalue weighted by Gasteiger charge is 2.51. The van der Waals surface area contributed by atoms with Gasteiger partial charge < -0.3 is 5.73 Å². The van der Waals surface area contributed by atoms with Crippen LogP contribution in [0.4, 0.5) is 0 Å². The highest BCUT2D eigenvalue weighted by atomic mass is 32.2. The summed E-state index contributed by atoms with van der Waals surface area (Å²) in [5, 5.41) is 0. The van der Waals surface area contributed by atoms with E-state index in [-0.39, 0.29) is 0 Å². The molecule has 1 heterocycles. The van der Waals surface area contributed by atoms with Gasteiger partial charge in [0.1, 0.15) is 0 Å². The van der Waals surface area contributed by atoms with Gasteiger partial charge in [-0.2, -0.15) is 0 Å². The van der Waals surface area contributed by atoms with E-state index >= 15 is 0 Å². The van der Waals surface area contributed by atoms with E-state index in [0.29, 0.717) is 6.04 Å². The molecule has 3 heteroatoms. The average Bonchev–Trinajstić information content (AvgIpc) is 2.30. The summed E-state index contributed by atoms with van der Waals surface area (Å²) in [6.45, 7) is 0. The van der Waals surface area contributed by atoms with Crippen molar-refractivity contribution in [1.82, 2.24) is 0 Å². The van der Waals surface area contributed by atoms with E-state index in [4.69, 9.17) is 5.73 Å². The van der Waals surface area contributed by atoms with Crippen LogP contribution < -0.4 is 5.73 Å². The largest absolute Gasteiger partial charge is 0.326 e. The van der Waals surface area contributed by atoms with Crippen molar-refractivity contribution in [3.05, 3.63) is 0 Å². The number of thioether (sulfide) groups is 2. The van der Waals surface area contributed by atoms with Crippen LogP contribution in [0.25, 0.3) is 0 Å². The predicted molar refractivity (Wildman–Crippen MR) is 77.2 cm³/mol. The summed E-state index contributed by atoms with van der Waals surface area (Å²) < 4.78 is 0.893. The molecule has 1 nitrogen and oxygen atoms in total. The lowest BCUT2D eigenvalue weighted by atomic mass is 9.52. The third-order valence-corrected chi connectivity index (χ3v) is 8.91. The Labute approximate surface area is 113 Å². The Morgan fingerprint density at radius 1 is 0.765 bits per heavy atom. The topological polar surface area (TPSA) is 26.0 Å². The van der Waals surface area contributed by atoms with Crippen molar-refractivity contribution >= 4 is 23.5 Å². The molecular weight excluding hydrogens is 246 g/mol. The summed E-state index contributed by atoms with van der Waals surface area (Å²) in [6.07, 6.45) is 7.86. The van der Waals surface area contributed by atoms with Crippen molar-refractivity contribution in [3.63, 3.8) is 0 Å². The van der Waals surface area contributed by atoms with Gasteiger partial charge in [-0.15, -0.1) is 23.5 Å². The Morgan fingerprint density at radius 2 is 1.29 bits per heavy atom. The third kappa shape index (κ3) is 1.97. The average molecular weight is 269 g/mol. The summed E-state index contributed by atoms with van der Waals surface area (Å²) in [5.41, 5.74) is 6.03. The summed E-state index contributed by atoms with van der Waals surface area (Å²) in [4.78, 5) is 0. The zero-order valence-electron chi connectivity index (χ0n) is 10.4. The SMILES string of the molecule is NC1CSC(C2C3CC4CC(C3)CC2C4)SC1. The van der Waals surface area contributed by atoms with E-state index in [1.165, 1.54) is 11.5 Å². The first kappa shape index (κ1) is 11.5. The van der Waals surface area contributed by atoms with Crippen molar-refractivity contribution in [2.45, 2.75) is 42.7 Å². The minimum atomic E-state index is 0.457. The molecule has 0 aromatic heterocycles. The van der Waals surface area contributed by atoms with Crippen LogP contribution in [0.1, 0.15) is 32.1 Å². The molecule has 0 atom stereocenters. The summed E-state index contributed by atoms with van der Waals surface area (Å²) in [5.74, 6) is 7.88. The lowest BCUT2D eigenvalue weighted by Gasteiger charge is -2.56. The van der Waals surface area contributed by atoms with Crippen molar-refractivity contribution in [1.29, 1.82) is 0 Å². The van der Waals surface area contributed by atoms with Crippen molar-refractivity contribution < 1.29 is 0 Å². The van der Waals surface area contributed by atoms with E-state index in [9.17, 15) is 0 Å². The van der Waals surface area contributed by atoms with Crippen LogP contribution in [0.2, 0.25) is 0 Å². The first-order valence-corrected chi connectivity index (χ1v) is 9.38. The Hall–Kier alpha value is 0.660. The van der Waals surface area contributed by atoms with Crippen molar-refractivity contribution in [2.24, 2.45) is 35.3 Å². The second kappa shape index (κ2) is 4.35. The number of hydrogen-bond acceptors (Lipinski definition) is 3. The molecule has 0 radical (unpaired) electrons. The van der Waals surface area contributed by atoms with Gasteiger partial charge in [-0.1, -0.05) is 0 Å². The number of rotatable bonds is 1. The molecule has 4 bridgehead atoms. The van der Waals surface area contributed by atoms with Gasteiger partial charge in [0.15, 0.2) is 0 Å². The first-order valence-electron chi connectivity index (χ1n) is 7.28. The van der Waals surface area contributed by atoms with Gasteiger partial charge in [-0.05, 0) is 61.7 Å². The lowest BCUT2D eigenvalue weighted by Crippen LogP contribution is -2.49. The summed E-state index contributed by atoms with van der Waals surface area (Å²) >= 11 is 4.38. The molecule has 5 rings (SSSR count). The smallest absolute Gasteiger partial charge is 0.0537 e. The predicted octanol–water partition coefficient (Wildman–Crippen LogP) is 3.19. The monoisotopic (exact) mass is 269 g/mol. The van der Waals surface area contributed by atoms with Gasteiger partial charge in [0.25, 0.3) is 0 Å². The molecule has 0 unspecified atom stereocenters. The Bertz CT molecular complexity index is 271. The van der Waals surface area contributed by atoms with Crippen molar-refractivity contribution in [3.8, 4) is 0 Å². The van der Waals surface area contributed by atoms with E-state index < -0.39 is 0 Å². The molecule has 96 valence electrons. The van der Waals surface area contributed by atoms with Gasteiger partial charge in [0.2, 0.25) is 0 Å². The maximum Gasteiger partial charge on any atom is 0.0537 e. The van der Waals surface area contributed by atoms with Crippen LogP contribution in [0.15, 0.2) is 0 Å². The quantitative estimate of drug-likeness (QED) is 0.792. The lowest BCUT2D eigenvalue weighted by molar-refractivity contribution is -0.0293. The van der Waals surface area contributed by atoms with E-state index in [2.05, 4.69) is 23.5 Å². The van der Waals surface area contributed by atoms with E-state index in [1.54, 1.807) is 32.1 Å². The number of nitrogens with two attached hydrogens (primary N) is 1. The Balaban J connectivity index is 1.50. The minimum Gasteiger partial charge on any atom is -0.326 e. The van der Waals surface area contributed by atoms with Gasteiger partial charge in [0, 0.05) is 17.5 Å². The van der Waals surface area contributed by atoms with Crippen LogP contribution in [0.3, 0.4) is 0 Å². The van der Waals surface area contributed by atoms with Crippen LogP contribution in [-0.2, 0) is 0 Å². The number of hydrogen-bond donors (Lipinski definition) is 1. The highest BCUT2D eigenvalue weighted by Crippen LogP contribution is 2.60. The molecule has 0 amide bonds. The van der Waals surface area contributed by atoms with Crippen LogP contribution >= 0.6 is 23.5 Å². The van der Waals surface area contributed by atoms with E-state index in [1.807, 2.05) is 0 Å². The molecule has 5 aliphatic rings. The maximum absolute atomic E-state index is 6.03. The van der Waals surface area contributed by atoms with Gasteiger partial charge in [-0.25, -0.2) is 0 Å². The first-order chi connectivity index (χ1) is 8.29. The van der Waals surface area contributed by atoms with E-state index in [0.717, 1.165) is 34.2 Å². The second-order valence-corrected chi connectivity index (χ2v) is 9.45. The molecule has 1 aliphatic heterocycles. The zero-order chi connectivity index (χ0) is 11.4. The van der Waals surface area contributed by atoms with Gasteiger partial charge in [-0.3, -0.25) is 0 Å². The molecule has 0 spiro atoms. The van der Waals surface area contributed by atoms with Crippen LogP contribution in [0.5, 0.6) is 0 Å². The van der Waals surface area contributed by atoms with Crippen LogP contribution in [0, 0.1) is 29.6 Å². The minimum absolute atomic E-state index is 0.457. The van der Waals surface area contributed by atoms with Gasteiger partial charge >= 0.3 is 0 Å². The Morgan fingerprint density at radius 3 is 1.82 bits per heavy atom. The molecule has 4 aliphatic carbocycles. The fourth-order valence-electron chi connectivity index (χ4n) is 5.17. The maximum atomic E-state index is 6.03. The third-order valence-electron chi connectivity index (χ3n) is 5.56. The molecule has 17 heavy (non-hydrogen) atoms. The fraction of sp³-hybridized carbons (Fsp3) is 1.00. The molecule has 1 saturated heterocycles. The molecule has 4 saturated carbocycles. The summed E-state index contributed by atoms with van der Waals surface area (Å²) in [7, 11) is 0.